The van der Waals surface area contributed by atoms with Crippen molar-refractivity contribution in [3.63, 3.8) is 0 Å². The monoisotopic (exact) mass is 349 g/mol. The molecule has 2 aromatic rings. The highest BCUT2D eigenvalue weighted by atomic mass is 19.1. The topological polar surface area (TPSA) is 88.2 Å². The Labute approximate surface area is 146 Å². The van der Waals surface area contributed by atoms with Gasteiger partial charge in [-0.3, -0.25) is 4.79 Å². The van der Waals surface area contributed by atoms with Crippen molar-refractivity contribution in [2.24, 2.45) is 0 Å². The number of hydrogen-bond donors (Lipinski definition) is 2. The van der Waals surface area contributed by atoms with Gasteiger partial charge < -0.3 is 14.9 Å². The van der Waals surface area contributed by atoms with Crippen molar-refractivity contribution in [2.45, 2.75) is 58.1 Å². The van der Waals surface area contributed by atoms with E-state index in [1.807, 2.05) is 13.8 Å². The number of hydrogen-bond acceptors (Lipinski definition) is 5. The van der Waals surface area contributed by atoms with Crippen LogP contribution in [0.4, 0.5) is 4.39 Å². The highest BCUT2D eigenvalue weighted by Crippen LogP contribution is 2.17. The summed E-state index contributed by atoms with van der Waals surface area (Å²) in [6.07, 6.45) is 0.501. The number of aliphatic hydroxyl groups is 1. The molecule has 0 saturated carbocycles. The van der Waals surface area contributed by atoms with Crippen molar-refractivity contribution in [3.8, 4) is 0 Å². The molecule has 1 amide bonds. The number of carbonyl (C=O) groups is 1. The first-order valence-corrected chi connectivity index (χ1v) is 8.42. The minimum atomic E-state index is -0.894. The van der Waals surface area contributed by atoms with Crippen molar-refractivity contribution in [2.75, 3.05) is 0 Å². The van der Waals surface area contributed by atoms with Crippen molar-refractivity contribution in [3.05, 3.63) is 47.4 Å². The summed E-state index contributed by atoms with van der Waals surface area (Å²) in [4.78, 5) is 16.3. The second-order valence-corrected chi connectivity index (χ2v) is 6.41. The van der Waals surface area contributed by atoms with Crippen molar-refractivity contribution >= 4 is 5.91 Å². The minimum absolute atomic E-state index is 0.169. The predicted molar refractivity (Wildman–Crippen MR) is 90.3 cm³/mol. The van der Waals surface area contributed by atoms with Crippen LogP contribution < -0.4 is 5.32 Å². The van der Waals surface area contributed by atoms with Crippen LogP contribution in [0.15, 0.2) is 28.8 Å². The number of rotatable bonds is 8. The van der Waals surface area contributed by atoms with Gasteiger partial charge in [-0.05, 0) is 31.0 Å². The highest BCUT2D eigenvalue weighted by molar-refractivity contribution is 5.76. The second-order valence-electron chi connectivity index (χ2n) is 6.41. The van der Waals surface area contributed by atoms with Gasteiger partial charge in [-0.25, -0.2) is 4.39 Å². The third-order valence-electron chi connectivity index (χ3n) is 3.87. The Bertz CT molecular complexity index is 685. The fourth-order valence-corrected chi connectivity index (χ4v) is 2.36. The molecule has 25 heavy (non-hydrogen) atoms. The van der Waals surface area contributed by atoms with Crippen LogP contribution in [0.5, 0.6) is 0 Å². The third kappa shape index (κ3) is 5.63. The van der Waals surface area contributed by atoms with Gasteiger partial charge in [-0.1, -0.05) is 31.1 Å². The first-order chi connectivity index (χ1) is 11.9. The molecule has 2 atom stereocenters. The highest BCUT2D eigenvalue weighted by Gasteiger charge is 2.18. The second kappa shape index (κ2) is 8.71. The lowest BCUT2D eigenvalue weighted by molar-refractivity contribution is -0.122. The molecule has 0 aliphatic heterocycles. The Balaban J connectivity index is 1.76. The zero-order valence-electron chi connectivity index (χ0n) is 14.7. The molecule has 6 nitrogen and oxygen atoms in total. The summed E-state index contributed by atoms with van der Waals surface area (Å²) in [5.41, 5.74) is 0.557. The Morgan fingerprint density at radius 2 is 1.96 bits per heavy atom. The lowest BCUT2D eigenvalue weighted by Crippen LogP contribution is -2.37. The molecule has 1 aromatic heterocycles. The van der Waals surface area contributed by atoms with Gasteiger partial charge in [0.25, 0.3) is 0 Å². The number of aryl methyl sites for hydroxylation is 1. The third-order valence-corrected chi connectivity index (χ3v) is 3.87. The van der Waals surface area contributed by atoms with Gasteiger partial charge in [0.05, 0.1) is 12.1 Å². The largest absolute Gasteiger partial charge is 0.386 e. The van der Waals surface area contributed by atoms with Crippen LogP contribution in [0.1, 0.15) is 62.9 Å². The first-order valence-electron chi connectivity index (χ1n) is 8.42. The van der Waals surface area contributed by atoms with Crippen molar-refractivity contribution < 1.29 is 18.8 Å². The molecule has 1 aromatic carbocycles. The maximum absolute atomic E-state index is 12.9. The smallest absolute Gasteiger partial charge is 0.226 e. The fraction of sp³-hybridized carbons (Fsp3) is 0.500. The zero-order valence-corrected chi connectivity index (χ0v) is 14.7. The maximum atomic E-state index is 12.9. The van der Waals surface area contributed by atoms with E-state index in [4.69, 9.17) is 4.52 Å². The molecule has 0 bridgehead atoms. The summed E-state index contributed by atoms with van der Waals surface area (Å²) in [7, 11) is 0. The van der Waals surface area contributed by atoms with E-state index in [1.165, 1.54) is 24.3 Å². The van der Waals surface area contributed by atoms with E-state index >= 15 is 0 Å². The van der Waals surface area contributed by atoms with Crippen LogP contribution in [0.3, 0.4) is 0 Å². The molecule has 2 unspecified atom stereocenters. The molecule has 2 N–H and O–H groups in total. The summed E-state index contributed by atoms with van der Waals surface area (Å²) in [5.74, 6) is 0.854. The van der Waals surface area contributed by atoms with Gasteiger partial charge in [-0.15, -0.1) is 0 Å². The van der Waals surface area contributed by atoms with Crippen molar-refractivity contribution in [1.29, 1.82) is 0 Å². The summed E-state index contributed by atoms with van der Waals surface area (Å²) in [6, 6.07) is 5.09. The number of aliphatic hydroxyl groups excluding tert-OH is 1. The summed E-state index contributed by atoms with van der Waals surface area (Å²) in [5, 5.41) is 16.8. The molecule has 0 aliphatic carbocycles. The molecule has 0 saturated heterocycles. The molecule has 7 heteroatoms. The Hall–Kier alpha value is -2.28. The van der Waals surface area contributed by atoms with Gasteiger partial charge >= 0.3 is 0 Å². The van der Waals surface area contributed by atoms with Crippen LogP contribution >= 0.6 is 0 Å². The standard InChI is InChI=1S/C18H24FN3O3/c1-11(2)18-21-16(25-22-18)6-4-5-15(23)20-12(3)17(24)13-7-9-14(19)10-8-13/h7-12,17,24H,4-6H2,1-3H3,(H,20,23). The lowest BCUT2D eigenvalue weighted by Gasteiger charge is -2.20. The van der Waals surface area contributed by atoms with Crippen LogP contribution in [0.2, 0.25) is 0 Å². The molecule has 2 rings (SSSR count). The molecule has 0 aliphatic rings. The fourth-order valence-electron chi connectivity index (χ4n) is 2.36. The Morgan fingerprint density at radius 3 is 2.56 bits per heavy atom. The molecule has 136 valence electrons. The quantitative estimate of drug-likeness (QED) is 0.765. The van der Waals surface area contributed by atoms with Crippen molar-refractivity contribution in [1.82, 2.24) is 15.5 Å². The SMILES string of the molecule is CC(C)c1noc(CCCC(=O)NC(C)C(O)c2ccc(F)cc2)n1. The number of carbonyl (C=O) groups excluding carboxylic acids is 1. The van der Waals surface area contributed by atoms with Gasteiger partial charge in [0.15, 0.2) is 5.82 Å². The van der Waals surface area contributed by atoms with E-state index < -0.39 is 12.1 Å². The molecular formula is C18H24FN3O3. The number of benzene rings is 1. The normalized spacial score (nSPS) is 13.7. The van der Waals surface area contributed by atoms with Gasteiger partial charge in [0.2, 0.25) is 11.8 Å². The van der Waals surface area contributed by atoms with Crippen LogP contribution in [-0.2, 0) is 11.2 Å². The van der Waals surface area contributed by atoms with Crippen LogP contribution in [-0.4, -0.2) is 27.2 Å². The van der Waals surface area contributed by atoms with Gasteiger partial charge in [0, 0.05) is 18.8 Å². The summed E-state index contributed by atoms with van der Waals surface area (Å²) in [6.45, 7) is 5.67. The summed E-state index contributed by atoms with van der Waals surface area (Å²) < 4.78 is 18.0. The van der Waals surface area contributed by atoms with Gasteiger partial charge in [-0.2, -0.15) is 4.98 Å². The average Bonchev–Trinajstić information content (AvgIpc) is 3.04. The molecule has 0 radical (unpaired) electrons. The lowest BCUT2D eigenvalue weighted by atomic mass is 10.0. The first kappa shape index (κ1) is 19.1. The van der Waals surface area contributed by atoms with Gasteiger partial charge in [0.1, 0.15) is 5.82 Å². The molecule has 0 fully saturated rings. The maximum Gasteiger partial charge on any atom is 0.226 e. The summed E-state index contributed by atoms with van der Waals surface area (Å²) >= 11 is 0. The number of nitrogens with one attached hydrogen (secondary N) is 1. The number of aromatic nitrogens is 2. The Morgan fingerprint density at radius 1 is 1.28 bits per heavy atom. The molecular weight excluding hydrogens is 325 g/mol. The van der Waals surface area contributed by atoms with E-state index in [9.17, 15) is 14.3 Å². The van der Waals surface area contributed by atoms with E-state index in [2.05, 4.69) is 15.5 Å². The molecule has 1 heterocycles. The van der Waals surface area contributed by atoms with Crippen LogP contribution in [0.25, 0.3) is 0 Å². The van der Waals surface area contributed by atoms with E-state index in [-0.39, 0.29) is 17.6 Å². The average molecular weight is 349 g/mol. The van der Waals surface area contributed by atoms with E-state index in [0.29, 0.717) is 36.5 Å². The molecule has 0 spiro atoms. The van der Waals surface area contributed by atoms with Crippen LogP contribution in [0, 0.1) is 5.82 Å². The zero-order chi connectivity index (χ0) is 18.4. The number of nitrogens with zero attached hydrogens (tertiary/aromatic N) is 2. The predicted octanol–water partition coefficient (Wildman–Crippen LogP) is 2.89. The number of halogens is 1. The number of amides is 1. The van der Waals surface area contributed by atoms with E-state index in [0.717, 1.165) is 0 Å². The Kier molecular flexibility index (Phi) is 6.64. The minimum Gasteiger partial charge on any atom is -0.386 e. The van der Waals surface area contributed by atoms with E-state index in [1.54, 1.807) is 6.92 Å².